The lowest BCUT2D eigenvalue weighted by atomic mass is 9.84. The van der Waals surface area contributed by atoms with E-state index >= 15 is 0 Å². The summed E-state index contributed by atoms with van der Waals surface area (Å²) in [5.41, 5.74) is -0.0680. The first kappa shape index (κ1) is 15.8. The molecule has 8 heteroatoms. The number of rotatable bonds is 8. The summed E-state index contributed by atoms with van der Waals surface area (Å²) in [4.78, 5) is 18.9. The van der Waals surface area contributed by atoms with Crippen molar-refractivity contribution in [2.45, 2.75) is 37.4 Å². The molecule has 0 radical (unpaired) electrons. The molecule has 0 unspecified atom stereocenters. The van der Waals surface area contributed by atoms with Crippen LogP contribution in [-0.2, 0) is 0 Å². The van der Waals surface area contributed by atoms with E-state index in [-0.39, 0.29) is 16.3 Å². The van der Waals surface area contributed by atoms with Crippen LogP contribution in [0.4, 0.5) is 17.3 Å². The van der Waals surface area contributed by atoms with Crippen molar-refractivity contribution in [2.24, 2.45) is 0 Å². The van der Waals surface area contributed by atoms with E-state index in [1.807, 2.05) is 18.7 Å². The number of nitro groups is 1. The first-order valence-electron chi connectivity index (χ1n) is 7.14. The molecule has 1 aliphatic carbocycles. The maximum Gasteiger partial charge on any atom is 0.353 e. The molecule has 0 atom stereocenters. The van der Waals surface area contributed by atoms with Gasteiger partial charge >= 0.3 is 5.69 Å². The summed E-state index contributed by atoms with van der Waals surface area (Å²) in [6.45, 7) is 3.34. The molecule has 2 rings (SSSR count). The molecule has 1 fully saturated rings. The van der Waals surface area contributed by atoms with Gasteiger partial charge in [0.2, 0.25) is 11.6 Å². The van der Waals surface area contributed by atoms with Crippen LogP contribution in [-0.4, -0.2) is 39.0 Å². The number of hydrogen-bond acceptors (Lipinski definition) is 7. The van der Waals surface area contributed by atoms with Gasteiger partial charge in [-0.1, -0.05) is 13.3 Å². The Labute approximate surface area is 128 Å². The summed E-state index contributed by atoms with van der Waals surface area (Å²) in [7, 11) is 0. The van der Waals surface area contributed by atoms with Crippen LogP contribution in [0.2, 0.25) is 0 Å². The van der Waals surface area contributed by atoms with Crippen LogP contribution < -0.4 is 10.6 Å². The Morgan fingerprint density at radius 3 is 2.52 bits per heavy atom. The maximum atomic E-state index is 11.3. The second kappa shape index (κ2) is 6.93. The van der Waals surface area contributed by atoms with Crippen LogP contribution >= 0.6 is 11.8 Å². The normalized spacial score (nSPS) is 16.1. The highest BCUT2D eigenvalue weighted by molar-refractivity contribution is 8.00. The van der Waals surface area contributed by atoms with Crippen molar-refractivity contribution < 1.29 is 4.92 Å². The van der Waals surface area contributed by atoms with E-state index in [2.05, 4.69) is 26.9 Å². The number of nitrogens with one attached hydrogen (secondary N) is 2. The van der Waals surface area contributed by atoms with E-state index < -0.39 is 4.92 Å². The van der Waals surface area contributed by atoms with Gasteiger partial charge < -0.3 is 10.6 Å². The fraction of sp³-hybridized carbons (Fsp3) is 0.692. The smallest absolute Gasteiger partial charge is 0.353 e. The van der Waals surface area contributed by atoms with Crippen molar-refractivity contribution in [1.29, 1.82) is 0 Å². The number of aromatic nitrogens is 2. The molecule has 1 heterocycles. The van der Waals surface area contributed by atoms with E-state index in [1.165, 1.54) is 12.7 Å². The zero-order valence-electron chi connectivity index (χ0n) is 12.4. The van der Waals surface area contributed by atoms with E-state index in [4.69, 9.17) is 0 Å². The summed E-state index contributed by atoms with van der Waals surface area (Å²) in [6.07, 6.45) is 7.82. The molecule has 0 aromatic carbocycles. The first-order chi connectivity index (χ1) is 10.1. The van der Waals surface area contributed by atoms with E-state index in [1.54, 1.807) is 0 Å². The molecule has 116 valence electrons. The summed E-state index contributed by atoms with van der Waals surface area (Å²) in [5.74, 6) is 0.583. The zero-order valence-corrected chi connectivity index (χ0v) is 13.2. The summed E-state index contributed by atoms with van der Waals surface area (Å²) in [5, 5.41) is 17.5. The zero-order chi connectivity index (χ0) is 15.3. The average molecular weight is 311 g/mol. The van der Waals surface area contributed by atoms with E-state index in [0.29, 0.717) is 18.9 Å². The van der Waals surface area contributed by atoms with Crippen LogP contribution in [0.5, 0.6) is 0 Å². The van der Waals surface area contributed by atoms with Crippen molar-refractivity contribution in [3.63, 3.8) is 0 Å². The molecule has 0 spiro atoms. The Bertz CT molecular complexity index is 502. The van der Waals surface area contributed by atoms with Gasteiger partial charge in [-0.2, -0.15) is 11.8 Å². The second-order valence-electron chi connectivity index (χ2n) is 5.20. The SMILES string of the molecule is CCCNc1ncnc(NCC2(SC)CCC2)c1[N+](=O)[O-]. The Hall–Kier alpha value is -1.57. The topological polar surface area (TPSA) is 93.0 Å². The van der Waals surface area contributed by atoms with Gasteiger partial charge in [0.25, 0.3) is 0 Å². The predicted octanol–water partition coefficient (Wildman–Crippen LogP) is 2.90. The van der Waals surface area contributed by atoms with Crippen LogP contribution in [0.25, 0.3) is 0 Å². The van der Waals surface area contributed by atoms with Gasteiger partial charge in [0, 0.05) is 17.8 Å². The second-order valence-corrected chi connectivity index (χ2v) is 6.47. The Morgan fingerprint density at radius 2 is 2.05 bits per heavy atom. The third kappa shape index (κ3) is 3.55. The van der Waals surface area contributed by atoms with Gasteiger partial charge in [-0.3, -0.25) is 10.1 Å². The summed E-state index contributed by atoms with van der Waals surface area (Å²) in [6, 6.07) is 0. The minimum absolute atomic E-state index is 0.0680. The Kier molecular flexibility index (Phi) is 5.22. The molecule has 2 N–H and O–H groups in total. The van der Waals surface area contributed by atoms with Gasteiger partial charge in [-0.15, -0.1) is 0 Å². The fourth-order valence-corrected chi connectivity index (χ4v) is 3.24. The largest absolute Gasteiger partial charge is 0.364 e. The van der Waals surface area contributed by atoms with Crippen LogP contribution in [0.15, 0.2) is 6.33 Å². The van der Waals surface area contributed by atoms with Crippen molar-refractivity contribution in [3.8, 4) is 0 Å². The summed E-state index contributed by atoms with van der Waals surface area (Å²) >= 11 is 1.82. The molecular formula is C13H21N5O2S. The van der Waals surface area contributed by atoms with E-state index in [0.717, 1.165) is 19.3 Å². The number of hydrogen-bond donors (Lipinski definition) is 2. The predicted molar refractivity (Wildman–Crippen MR) is 86.1 cm³/mol. The van der Waals surface area contributed by atoms with Crippen molar-refractivity contribution >= 4 is 29.1 Å². The van der Waals surface area contributed by atoms with Crippen molar-refractivity contribution in [3.05, 3.63) is 16.4 Å². The highest BCUT2D eigenvalue weighted by Gasteiger charge is 2.36. The third-order valence-corrected chi connectivity index (χ3v) is 5.24. The van der Waals surface area contributed by atoms with Crippen LogP contribution in [0.3, 0.4) is 0 Å². The molecule has 0 amide bonds. The van der Waals surface area contributed by atoms with Gasteiger partial charge in [0.15, 0.2) is 0 Å². The molecule has 7 nitrogen and oxygen atoms in total. The van der Waals surface area contributed by atoms with Crippen LogP contribution in [0.1, 0.15) is 32.6 Å². The molecule has 0 saturated heterocycles. The molecular weight excluding hydrogens is 290 g/mol. The lowest BCUT2D eigenvalue weighted by Crippen LogP contribution is -2.40. The highest BCUT2D eigenvalue weighted by atomic mass is 32.2. The minimum Gasteiger partial charge on any atom is -0.364 e. The van der Waals surface area contributed by atoms with Gasteiger partial charge in [0.05, 0.1) is 4.92 Å². The van der Waals surface area contributed by atoms with Gasteiger partial charge in [0.1, 0.15) is 6.33 Å². The minimum atomic E-state index is -0.424. The lowest BCUT2D eigenvalue weighted by molar-refractivity contribution is -0.383. The maximum absolute atomic E-state index is 11.3. The molecule has 1 saturated carbocycles. The molecule has 21 heavy (non-hydrogen) atoms. The monoisotopic (exact) mass is 311 g/mol. The van der Waals surface area contributed by atoms with Crippen LogP contribution in [0, 0.1) is 10.1 Å². The molecule has 1 aromatic rings. The number of nitrogens with zero attached hydrogens (tertiary/aromatic N) is 3. The van der Waals surface area contributed by atoms with Crippen molar-refractivity contribution in [1.82, 2.24) is 9.97 Å². The molecule has 0 bridgehead atoms. The summed E-state index contributed by atoms with van der Waals surface area (Å²) < 4.78 is 0.190. The number of thioether (sulfide) groups is 1. The average Bonchev–Trinajstić information content (AvgIpc) is 2.44. The third-order valence-electron chi connectivity index (χ3n) is 3.82. The Balaban J connectivity index is 2.16. The molecule has 0 aliphatic heterocycles. The number of anilines is 2. The highest BCUT2D eigenvalue weighted by Crippen LogP contribution is 2.43. The standard InChI is InChI=1S/C13H21N5O2S/c1-3-7-14-11-10(18(19)20)12(17-9-16-11)15-8-13(21-2)5-4-6-13/h9H,3-8H2,1-2H3,(H2,14,15,16,17). The lowest BCUT2D eigenvalue weighted by Gasteiger charge is -2.40. The first-order valence-corrected chi connectivity index (χ1v) is 8.36. The van der Waals surface area contributed by atoms with Gasteiger partial charge in [-0.05, 0) is 25.5 Å². The van der Waals surface area contributed by atoms with Gasteiger partial charge in [-0.25, -0.2) is 9.97 Å². The Morgan fingerprint density at radius 1 is 1.38 bits per heavy atom. The molecule has 1 aromatic heterocycles. The van der Waals surface area contributed by atoms with E-state index in [9.17, 15) is 10.1 Å². The molecule has 1 aliphatic rings. The van der Waals surface area contributed by atoms with Crippen molar-refractivity contribution in [2.75, 3.05) is 30.0 Å². The quantitative estimate of drug-likeness (QED) is 0.563. The fourth-order valence-electron chi connectivity index (χ4n) is 2.32.